The minimum atomic E-state index is -5.81. The van der Waals surface area contributed by atoms with Gasteiger partial charge in [-0.25, -0.2) is 8.42 Å². The van der Waals surface area contributed by atoms with Crippen molar-refractivity contribution in [2.45, 2.75) is 57.5 Å². The summed E-state index contributed by atoms with van der Waals surface area (Å²) in [5.74, 6) is -7.48. The van der Waals surface area contributed by atoms with E-state index in [-0.39, 0.29) is 6.42 Å². The fraction of sp³-hybridized carbons (Fsp3) is 0.909. The van der Waals surface area contributed by atoms with Crippen molar-refractivity contribution < 1.29 is 35.2 Å². The molecule has 0 aromatic rings. The third-order valence-corrected chi connectivity index (χ3v) is 3.91. The highest BCUT2D eigenvalue weighted by Crippen LogP contribution is 2.38. The van der Waals surface area contributed by atoms with Gasteiger partial charge in [-0.15, -0.1) is 0 Å². The van der Waals surface area contributed by atoms with E-state index in [1.165, 1.54) is 4.72 Å². The largest absolute Gasteiger partial charge is 0.453 e. The van der Waals surface area contributed by atoms with Crippen molar-refractivity contribution in [3.05, 3.63) is 0 Å². The third-order valence-electron chi connectivity index (χ3n) is 2.63. The number of carbonyl (C=O) groups is 1. The summed E-state index contributed by atoms with van der Waals surface area (Å²) in [5, 5.41) is 0. The lowest BCUT2D eigenvalue weighted by atomic mass is 10.1. The van der Waals surface area contributed by atoms with Gasteiger partial charge in [-0.1, -0.05) is 26.2 Å². The summed E-state index contributed by atoms with van der Waals surface area (Å²) >= 11 is 0. The zero-order valence-electron chi connectivity index (χ0n) is 11.5. The van der Waals surface area contributed by atoms with Crippen LogP contribution in [0.5, 0.6) is 0 Å². The van der Waals surface area contributed by atoms with Crippen molar-refractivity contribution in [3.63, 3.8) is 0 Å². The first-order chi connectivity index (χ1) is 9.41. The van der Waals surface area contributed by atoms with Gasteiger partial charge in [-0.2, -0.15) is 22.0 Å². The molecule has 0 unspecified atom stereocenters. The van der Waals surface area contributed by atoms with Crippen molar-refractivity contribution in [3.8, 4) is 0 Å². The second kappa shape index (κ2) is 7.90. The Morgan fingerprint density at radius 1 is 1.05 bits per heavy atom. The molecule has 0 radical (unpaired) electrons. The summed E-state index contributed by atoms with van der Waals surface area (Å²) in [6.45, 7) is 1.94. The first kappa shape index (κ1) is 20.1. The molecule has 0 fully saturated rings. The van der Waals surface area contributed by atoms with Gasteiger partial charge < -0.3 is 0 Å². The van der Waals surface area contributed by atoms with Crippen molar-refractivity contribution in [2.24, 2.45) is 0 Å². The van der Waals surface area contributed by atoms with Gasteiger partial charge in [0.1, 0.15) is 0 Å². The van der Waals surface area contributed by atoms with E-state index in [1.54, 1.807) is 0 Å². The van der Waals surface area contributed by atoms with E-state index in [2.05, 4.69) is 0 Å². The Kier molecular flexibility index (Phi) is 7.55. The molecule has 126 valence electrons. The second-order valence-electron chi connectivity index (χ2n) is 4.61. The van der Waals surface area contributed by atoms with Crippen LogP contribution in [0.1, 0.15) is 45.4 Å². The predicted octanol–water partition coefficient (Wildman–Crippen LogP) is 2.99. The number of alkyl halides is 5. The summed E-state index contributed by atoms with van der Waals surface area (Å²) in [4.78, 5) is 11.2. The maximum atomic E-state index is 12.6. The number of hydrogen-bond acceptors (Lipinski definition) is 3. The van der Waals surface area contributed by atoms with E-state index >= 15 is 0 Å². The smallest absolute Gasteiger partial charge is 0.274 e. The van der Waals surface area contributed by atoms with Crippen LogP contribution in [0.15, 0.2) is 0 Å². The van der Waals surface area contributed by atoms with Crippen molar-refractivity contribution in [1.82, 2.24) is 4.72 Å². The predicted molar refractivity (Wildman–Crippen MR) is 66.3 cm³/mol. The highest BCUT2D eigenvalue weighted by molar-refractivity contribution is 7.90. The average molecular weight is 339 g/mol. The molecule has 10 heteroatoms. The Labute approximate surface area is 120 Å². The molecule has 0 spiro atoms. The SMILES string of the molecule is CCCCCCC(=O)NS(=O)(=O)CCC(F)(F)C(F)(F)F. The Balaban J connectivity index is 4.30. The first-order valence-electron chi connectivity index (χ1n) is 6.39. The molecule has 21 heavy (non-hydrogen) atoms. The lowest BCUT2D eigenvalue weighted by molar-refractivity contribution is -0.282. The molecule has 4 nitrogen and oxygen atoms in total. The molecule has 0 aromatic carbocycles. The highest BCUT2D eigenvalue weighted by Gasteiger charge is 2.57. The third kappa shape index (κ3) is 8.18. The first-order valence-corrected chi connectivity index (χ1v) is 8.04. The fourth-order valence-corrected chi connectivity index (χ4v) is 2.47. The van der Waals surface area contributed by atoms with Crippen LogP contribution >= 0.6 is 0 Å². The van der Waals surface area contributed by atoms with Crippen LogP contribution in [0.25, 0.3) is 0 Å². The molecule has 0 atom stereocenters. The van der Waals surface area contributed by atoms with Crippen LogP contribution < -0.4 is 4.72 Å². The van der Waals surface area contributed by atoms with Crippen LogP contribution in [0.4, 0.5) is 22.0 Å². The van der Waals surface area contributed by atoms with Crippen LogP contribution in [-0.2, 0) is 14.8 Å². The summed E-state index contributed by atoms with van der Waals surface area (Å²) < 4.78 is 84.8. The van der Waals surface area contributed by atoms with Crippen LogP contribution in [0.2, 0.25) is 0 Å². The average Bonchev–Trinajstić information content (AvgIpc) is 2.30. The van der Waals surface area contributed by atoms with Gasteiger partial charge in [0.05, 0.1) is 5.75 Å². The molecule has 1 N–H and O–H groups in total. The number of hydrogen-bond donors (Lipinski definition) is 1. The van der Waals surface area contributed by atoms with E-state index in [9.17, 15) is 35.2 Å². The number of amides is 1. The normalized spacial score (nSPS) is 13.2. The molecular formula is C11H18F5NO3S. The number of sulfonamides is 1. The topological polar surface area (TPSA) is 63.2 Å². The van der Waals surface area contributed by atoms with Crippen molar-refractivity contribution >= 4 is 15.9 Å². The van der Waals surface area contributed by atoms with Gasteiger partial charge >= 0.3 is 12.1 Å². The highest BCUT2D eigenvalue weighted by atomic mass is 32.2. The van der Waals surface area contributed by atoms with Gasteiger partial charge in [0.25, 0.3) is 0 Å². The van der Waals surface area contributed by atoms with Crippen LogP contribution in [0.3, 0.4) is 0 Å². The van der Waals surface area contributed by atoms with E-state index in [4.69, 9.17) is 0 Å². The molecule has 0 rings (SSSR count). The summed E-state index contributed by atoms with van der Waals surface area (Å²) in [5.41, 5.74) is 0. The van der Waals surface area contributed by atoms with Gasteiger partial charge in [-0.3, -0.25) is 9.52 Å². The Hall–Kier alpha value is -0.930. The van der Waals surface area contributed by atoms with Gasteiger partial charge in [-0.05, 0) is 6.42 Å². The number of nitrogens with one attached hydrogen (secondary N) is 1. The lowest BCUT2D eigenvalue weighted by Crippen LogP contribution is -2.40. The monoisotopic (exact) mass is 339 g/mol. The summed E-state index contributed by atoms with van der Waals surface area (Å²) in [6, 6.07) is 0. The number of rotatable bonds is 9. The quantitative estimate of drug-likeness (QED) is 0.519. The van der Waals surface area contributed by atoms with Crippen molar-refractivity contribution in [1.29, 1.82) is 0 Å². The maximum absolute atomic E-state index is 12.6. The molecule has 1 amide bonds. The number of halogens is 5. The molecule has 0 bridgehead atoms. The van der Waals surface area contributed by atoms with Crippen molar-refractivity contribution in [2.75, 3.05) is 5.75 Å². The number of carbonyl (C=O) groups excluding carboxylic acids is 1. The Morgan fingerprint density at radius 2 is 1.62 bits per heavy atom. The molecule has 0 aromatic heterocycles. The molecule has 0 saturated heterocycles. The molecule has 0 heterocycles. The van der Waals surface area contributed by atoms with Crippen LogP contribution in [0, 0.1) is 0 Å². The standard InChI is InChI=1S/C11H18F5NO3S/c1-2-3-4-5-6-9(18)17-21(19,20)8-7-10(12,13)11(14,15)16/h2-8H2,1H3,(H,17,18). The van der Waals surface area contributed by atoms with E-state index in [1.807, 2.05) is 6.92 Å². The Morgan fingerprint density at radius 3 is 2.10 bits per heavy atom. The lowest BCUT2D eigenvalue weighted by Gasteiger charge is -2.19. The molecule has 0 aliphatic heterocycles. The van der Waals surface area contributed by atoms with E-state index in [0.717, 1.165) is 12.8 Å². The summed E-state index contributed by atoms with van der Waals surface area (Å²) in [6.07, 6.45) is -4.95. The second-order valence-corrected chi connectivity index (χ2v) is 6.45. The van der Waals surface area contributed by atoms with E-state index in [0.29, 0.717) is 12.8 Å². The Bertz CT molecular complexity index is 434. The minimum absolute atomic E-state index is 0.116. The molecule has 0 aliphatic carbocycles. The maximum Gasteiger partial charge on any atom is 0.453 e. The van der Waals surface area contributed by atoms with Gasteiger partial charge in [0, 0.05) is 12.8 Å². The molecular weight excluding hydrogens is 321 g/mol. The molecule has 0 aliphatic rings. The van der Waals surface area contributed by atoms with Gasteiger partial charge in [0.2, 0.25) is 15.9 Å². The van der Waals surface area contributed by atoms with Gasteiger partial charge in [0.15, 0.2) is 0 Å². The zero-order valence-corrected chi connectivity index (χ0v) is 12.3. The molecule has 0 saturated carbocycles. The summed E-state index contributed by atoms with van der Waals surface area (Å²) in [7, 11) is -4.50. The zero-order chi connectivity index (χ0) is 16.7. The van der Waals surface area contributed by atoms with E-state index < -0.39 is 40.2 Å². The fourth-order valence-electron chi connectivity index (χ4n) is 1.39. The van der Waals surface area contributed by atoms with Crippen LogP contribution in [-0.4, -0.2) is 32.2 Å². The number of unbranched alkanes of at least 4 members (excludes halogenated alkanes) is 3. The minimum Gasteiger partial charge on any atom is -0.274 e.